The Morgan fingerprint density at radius 1 is 1.29 bits per heavy atom. The molecular weight excluding hydrogens is 302 g/mol. The molecule has 1 saturated carbocycles. The van der Waals surface area contributed by atoms with E-state index < -0.39 is 0 Å². The predicted molar refractivity (Wildman–Crippen MR) is 96.4 cm³/mol. The molecule has 0 bridgehead atoms. The second-order valence-corrected chi connectivity index (χ2v) is 6.83. The first-order valence-corrected chi connectivity index (χ1v) is 8.99. The van der Waals surface area contributed by atoms with Crippen molar-refractivity contribution in [2.24, 2.45) is 5.92 Å². The van der Waals surface area contributed by atoms with Crippen LogP contribution in [0.4, 0.5) is 11.4 Å². The van der Waals surface area contributed by atoms with E-state index in [-0.39, 0.29) is 17.7 Å². The molecule has 1 unspecified atom stereocenters. The Hall–Kier alpha value is -2.04. The first-order valence-electron chi connectivity index (χ1n) is 8.99. The van der Waals surface area contributed by atoms with Crippen LogP contribution in [-0.4, -0.2) is 37.5 Å². The van der Waals surface area contributed by atoms with E-state index in [1.807, 2.05) is 13.0 Å². The molecule has 2 aliphatic rings. The highest BCUT2D eigenvalue weighted by atomic mass is 16.2. The van der Waals surface area contributed by atoms with Gasteiger partial charge < -0.3 is 15.1 Å². The number of amides is 2. The van der Waals surface area contributed by atoms with Crippen LogP contribution in [0.2, 0.25) is 0 Å². The molecule has 0 radical (unpaired) electrons. The van der Waals surface area contributed by atoms with E-state index >= 15 is 0 Å². The van der Waals surface area contributed by atoms with Crippen LogP contribution in [0.25, 0.3) is 0 Å². The Kier molecular flexibility index (Phi) is 4.78. The van der Waals surface area contributed by atoms with Crippen LogP contribution in [0.3, 0.4) is 0 Å². The largest absolute Gasteiger partial charge is 0.372 e. The van der Waals surface area contributed by atoms with Crippen molar-refractivity contribution in [1.82, 2.24) is 5.32 Å². The third-order valence-corrected chi connectivity index (χ3v) is 5.02. The van der Waals surface area contributed by atoms with E-state index in [4.69, 9.17) is 0 Å². The molecule has 24 heavy (non-hydrogen) atoms. The summed E-state index contributed by atoms with van der Waals surface area (Å²) < 4.78 is 0. The summed E-state index contributed by atoms with van der Waals surface area (Å²) in [5, 5.41) is 3.02. The van der Waals surface area contributed by atoms with Crippen molar-refractivity contribution in [2.75, 3.05) is 29.4 Å². The molecule has 3 rings (SSSR count). The Morgan fingerprint density at radius 3 is 2.58 bits per heavy atom. The SMILES string of the molecule is CCN(CC)c1ccc(N2CC(C(=O)NC3CC3)CC2=O)c(C)c1. The van der Waals surface area contributed by atoms with E-state index in [9.17, 15) is 9.59 Å². The maximum absolute atomic E-state index is 12.4. The number of benzene rings is 1. The minimum absolute atomic E-state index is 0.0331. The Bertz CT molecular complexity index is 635. The van der Waals surface area contributed by atoms with Crippen molar-refractivity contribution < 1.29 is 9.59 Å². The van der Waals surface area contributed by atoms with Crippen LogP contribution in [0, 0.1) is 12.8 Å². The van der Waals surface area contributed by atoms with Gasteiger partial charge in [-0.05, 0) is 57.4 Å². The summed E-state index contributed by atoms with van der Waals surface area (Å²) in [7, 11) is 0. The summed E-state index contributed by atoms with van der Waals surface area (Å²) in [4.78, 5) is 28.7. The number of aryl methyl sites for hydroxylation is 1. The lowest BCUT2D eigenvalue weighted by molar-refractivity contribution is -0.126. The molecule has 1 heterocycles. The zero-order chi connectivity index (χ0) is 17.3. The summed E-state index contributed by atoms with van der Waals surface area (Å²) in [6.45, 7) is 8.72. The molecule has 1 aliphatic heterocycles. The highest BCUT2D eigenvalue weighted by Gasteiger charge is 2.37. The van der Waals surface area contributed by atoms with Crippen LogP contribution in [0.15, 0.2) is 18.2 Å². The molecule has 1 aromatic carbocycles. The van der Waals surface area contributed by atoms with Gasteiger partial charge in [0, 0.05) is 43.5 Å². The van der Waals surface area contributed by atoms with E-state index in [1.54, 1.807) is 4.90 Å². The van der Waals surface area contributed by atoms with Gasteiger partial charge >= 0.3 is 0 Å². The van der Waals surface area contributed by atoms with Gasteiger partial charge in [-0.15, -0.1) is 0 Å². The third-order valence-electron chi connectivity index (χ3n) is 5.02. The number of nitrogens with one attached hydrogen (secondary N) is 1. The molecule has 0 spiro atoms. The van der Waals surface area contributed by atoms with E-state index in [2.05, 4.69) is 36.2 Å². The molecule has 1 aromatic rings. The Balaban J connectivity index is 1.73. The zero-order valence-electron chi connectivity index (χ0n) is 14.8. The second kappa shape index (κ2) is 6.83. The molecule has 5 heteroatoms. The van der Waals surface area contributed by atoms with Crippen LogP contribution in [-0.2, 0) is 9.59 Å². The second-order valence-electron chi connectivity index (χ2n) is 6.83. The maximum Gasteiger partial charge on any atom is 0.227 e. The minimum Gasteiger partial charge on any atom is -0.372 e. The quantitative estimate of drug-likeness (QED) is 0.872. The van der Waals surface area contributed by atoms with Gasteiger partial charge in [-0.3, -0.25) is 9.59 Å². The number of anilines is 2. The number of hydrogen-bond acceptors (Lipinski definition) is 3. The van der Waals surface area contributed by atoms with Crippen molar-refractivity contribution in [2.45, 2.75) is 46.1 Å². The van der Waals surface area contributed by atoms with Gasteiger partial charge in [-0.2, -0.15) is 0 Å². The lowest BCUT2D eigenvalue weighted by Crippen LogP contribution is -2.34. The van der Waals surface area contributed by atoms with Gasteiger partial charge in [-0.25, -0.2) is 0 Å². The van der Waals surface area contributed by atoms with Crippen molar-refractivity contribution in [3.63, 3.8) is 0 Å². The molecule has 1 aliphatic carbocycles. The molecular formula is C19H27N3O2. The smallest absolute Gasteiger partial charge is 0.227 e. The number of carbonyl (C=O) groups is 2. The topological polar surface area (TPSA) is 52.6 Å². The van der Waals surface area contributed by atoms with E-state index in [1.165, 1.54) is 5.69 Å². The van der Waals surface area contributed by atoms with Gasteiger partial charge in [0.25, 0.3) is 0 Å². The lowest BCUT2D eigenvalue weighted by Gasteiger charge is -2.24. The number of hydrogen-bond donors (Lipinski definition) is 1. The first-order chi connectivity index (χ1) is 11.5. The van der Waals surface area contributed by atoms with Gasteiger partial charge in [-0.1, -0.05) is 0 Å². The average molecular weight is 329 g/mol. The highest BCUT2D eigenvalue weighted by molar-refractivity contribution is 6.01. The standard InChI is InChI=1S/C19H27N3O2/c1-4-21(5-2)16-8-9-17(13(3)10-16)22-12-14(11-18(22)23)19(24)20-15-6-7-15/h8-10,14-15H,4-7,11-12H2,1-3H3,(H,20,24). The summed E-state index contributed by atoms with van der Waals surface area (Å²) in [6.07, 6.45) is 2.46. The molecule has 130 valence electrons. The van der Waals surface area contributed by atoms with E-state index in [0.29, 0.717) is 19.0 Å². The average Bonchev–Trinajstić information content (AvgIpc) is 3.29. The molecule has 1 atom stereocenters. The fourth-order valence-corrected chi connectivity index (χ4v) is 3.39. The molecule has 2 fully saturated rings. The van der Waals surface area contributed by atoms with Crippen LogP contribution in [0.1, 0.15) is 38.7 Å². The molecule has 2 amide bonds. The molecule has 5 nitrogen and oxygen atoms in total. The minimum atomic E-state index is -0.222. The first kappa shape index (κ1) is 16.8. The monoisotopic (exact) mass is 329 g/mol. The summed E-state index contributed by atoms with van der Waals surface area (Å²) in [5.74, 6) is -0.143. The number of rotatable bonds is 6. The van der Waals surface area contributed by atoms with Crippen LogP contribution >= 0.6 is 0 Å². The number of nitrogens with zero attached hydrogens (tertiary/aromatic N) is 2. The Labute approximate surface area is 144 Å². The molecule has 1 N–H and O–H groups in total. The maximum atomic E-state index is 12.4. The van der Waals surface area contributed by atoms with Gasteiger partial charge in [0.2, 0.25) is 11.8 Å². The van der Waals surface area contributed by atoms with Crippen molar-refractivity contribution >= 4 is 23.2 Å². The third kappa shape index (κ3) is 3.40. The van der Waals surface area contributed by atoms with Crippen LogP contribution in [0.5, 0.6) is 0 Å². The van der Waals surface area contributed by atoms with Crippen molar-refractivity contribution in [3.05, 3.63) is 23.8 Å². The van der Waals surface area contributed by atoms with Gasteiger partial charge in [0.1, 0.15) is 0 Å². The van der Waals surface area contributed by atoms with Gasteiger partial charge in [0.15, 0.2) is 0 Å². The molecule has 1 saturated heterocycles. The van der Waals surface area contributed by atoms with E-state index in [0.717, 1.165) is 37.2 Å². The predicted octanol–water partition coefficient (Wildman–Crippen LogP) is 2.47. The zero-order valence-corrected chi connectivity index (χ0v) is 14.8. The molecule has 0 aromatic heterocycles. The normalized spacial score (nSPS) is 20.4. The van der Waals surface area contributed by atoms with Crippen LogP contribution < -0.4 is 15.1 Å². The fourth-order valence-electron chi connectivity index (χ4n) is 3.39. The Morgan fingerprint density at radius 2 is 2.00 bits per heavy atom. The lowest BCUT2D eigenvalue weighted by atomic mass is 10.1. The summed E-state index contributed by atoms with van der Waals surface area (Å²) in [6, 6.07) is 6.56. The fraction of sp³-hybridized carbons (Fsp3) is 0.579. The van der Waals surface area contributed by atoms with Crippen molar-refractivity contribution in [1.29, 1.82) is 0 Å². The summed E-state index contributed by atoms with van der Waals surface area (Å²) in [5.41, 5.74) is 3.18. The number of carbonyl (C=O) groups excluding carboxylic acids is 2. The van der Waals surface area contributed by atoms with Crippen molar-refractivity contribution in [3.8, 4) is 0 Å². The summed E-state index contributed by atoms with van der Waals surface area (Å²) >= 11 is 0. The van der Waals surface area contributed by atoms with Gasteiger partial charge in [0.05, 0.1) is 5.92 Å². The highest BCUT2D eigenvalue weighted by Crippen LogP contribution is 2.31.